The number of carboxylic acids is 1. The van der Waals surface area contributed by atoms with Gasteiger partial charge in [-0.05, 0) is 24.5 Å². The minimum absolute atomic E-state index is 0.450. The van der Waals surface area contributed by atoms with Gasteiger partial charge >= 0.3 is 0 Å². The van der Waals surface area contributed by atoms with Crippen LogP contribution in [0.3, 0.4) is 0 Å². The van der Waals surface area contributed by atoms with Crippen molar-refractivity contribution in [3.05, 3.63) is 29.8 Å². The predicted octanol–water partition coefficient (Wildman–Crippen LogP) is 4.39. The highest BCUT2D eigenvalue weighted by Crippen LogP contribution is 2.18. The number of phenols is 1. The number of carbonyl (C=O) groups is 1. The number of benzene rings is 1. The van der Waals surface area contributed by atoms with Gasteiger partial charge in [0.2, 0.25) is 0 Å². The van der Waals surface area contributed by atoms with E-state index >= 15 is 0 Å². The summed E-state index contributed by atoms with van der Waals surface area (Å²) >= 11 is 0. The largest absolute Gasteiger partial charge is 0.508 e. The van der Waals surface area contributed by atoms with Gasteiger partial charge in [0, 0.05) is 6.92 Å². The quantitative estimate of drug-likeness (QED) is 0.720. The van der Waals surface area contributed by atoms with Crippen molar-refractivity contribution in [3.63, 3.8) is 0 Å². The average Bonchev–Trinajstić information content (AvgIpc) is 2.35. The van der Waals surface area contributed by atoms with Crippen LogP contribution in [0, 0.1) is 0 Å². The molecule has 2 N–H and O–H groups in total. The molecule has 0 saturated carbocycles. The maximum absolute atomic E-state index is 9.55. The number of unbranched alkanes of at least 4 members (excludes halogenated alkanes) is 5. The number of phenolic OH excluding ortho intramolecular Hbond substituents is 1. The molecule has 19 heavy (non-hydrogen) atoms. The molecular weight excluding hydrogens is 240 g/mol. The lowest BCUT2D eigenvalue weighted by Crippen LogP contribution is -1.86. The number of hydrogen-bond acceptors (Lipinski definition) is 2. The third-order valence-corrected chi connectivity index (χ3v) is 2.79. The van der Waals surface area contributed by atoms with Crippen LogP contribution in [0.1, 0.15) is 57.9 Å². The molecule has 108 valence electrons. The zero-order valence-electron chi connectivity index (χ0n) is 12.1. The van der Waals surface area contributed by atoms with Gasteiger partial charge in [0.25, 0.3) is 5.97 Å². The first-order valence-electron chi connectivity index (χ1n) is 7.04. The van der Waals surface area contributed by atoms with Gasteiger partial charge in [0.1, 0.15) is 5.75 Å². The van der Waals surface area contributed by atoms with Gasteiger partial charge in [-0.1, -0.05) is 57.2 Å². The third-order valence-electron chi connectivity index (χ3n) is 2.79. The summed E-state index contributed by atoms with van der Waals surface area (Å²) in [5.74, 6) is -0.383. The third kappa shape index (κ3) is 11.3. The van der Waals surface area contributed by atoms with E-state index in [1.807, 2.05) is 18.2 Å². The van der Waals surface area contributed by atoms with Crippen molar-refractivity contribution in [1.82, 2.24) is 0 Å². The molecular formula is C16H26O3. The Morgan fingerprint density at radius 3 is 2.16 bits per heavy atom. The molecule has 0 saturated heterocycles. The van der Waals surface area contributed by atoms with E-state index in [0.29, 0.717) is 5.75 Å². The topological polar surface area (TPSA) is 57.5 Å². The summed E-state index contributed by atoms with van der Waals surface area (Å²) in [4.78, 5) is 9.00. The van der Waals surface area contributed by atoms with Gasteiger partial charge < -0.3 is 10.2 Å². The molecule has 0 radical (unpaired) electrons. The van der Waals surface area contributed by atoms with E-state index in [1.54, 1.807) is 6.07 Å². The lowest BCUT2D eigenvalue weighted by molar-refractivity contribution is -0.134. The Morgan fingerprint density at radius 2 is 1.58 bits per heavy atom. The van der Waals surface area contributed by atoms with Gasteiger partial charge in [0.15, 0.2) is 0 Å². The van der Waals surface area contributed by atoms with E-state index in [-0.39, 0.29) is 0 Å². The summed E-state index contributed by atoms with van der Waals surface area (Å²) in [5, 5.41) is 17.0. The highest BCUT2D eigenvalue weighted by molar-refractivity contribution is 5.62. The van der Waals surface area contributed by atoms with Crippen LogP contribution in [0.25, 0.3) is 0 Å². The molecule has 0 aliphatic rings. The standard InChI is InChI=1S/C14H22O.C2H4O2/c1-2-3-4-5-6-7-10-13-11-8-9-12-14(13)15;1-2(3)4/h8-9,11-12,15H,2-7,10H2,1H3;1H3,(H,3,4). The summed E-state index contributed by atoms with van der Waals surface area (Å²) in [6, 6.07) is 7.65. The maximum atomic E-state index is 9.55. The molecule has 0 aliphatic heterocycles. The second-order valence-corrected chi connectivity index (χ2v) is 4.67. The molecule has 0 fully saturated rings. The molecule has 1 rings (SSSR count). The first kappa shape index (κ1) is 17.5. The Kier molecular flexibility index (Phi) is 10.7. The summed E-state index contributed by atoms with van der Waals surface area (Å²) < 4.78 is 0. The molecule has 0 bridgehead atoms. The van der Waals surface area contributed by atoms with Crippen molar-refractivity contribution in [2.45, 2.75) is 58.8 Å². The van der Waals surface area contributed by atoms with Crippen LogP contribution < -0.4 is 0 Å². The van der Waals surface area contributed by atoms with E-state index in [9.17, 15) is 5.11 Å². The van der Waals surface area contributed by atoms with Crippen molar-refractivity contribution in [2.24, 2.45) is 0 Å². The molecule has 0 spiro atoms. The molecule has 0 atom stereocenters. The molecule has 0 amide bonds. The van der Waals surface area contributed by atoms with Crippen LogP contribution in [-0.4, -0.2) is 16.2 Å². The zero-order chi connectivity index (χ0) is 14.5. The van der Waals surface area contributed by atoms with Crippen LogP contribution in [0.5, 0.6) is 5.75 Å². The minimum atomic E-state index is -0.833. The van der Waals surface area contributed by atoms with Gasteiger partial charge in [-0.2, -0.15) is 0 Å². The van der Waals surface area contributed by atoms with Crippen LogP contribution in [0.4, 0.5) is 0 Å². The second kappa shape index (κ2) is 11.6. The number of hydrogen-bond donors (Lipinski definition) is 2. The summed E-state index contributed by atoms with van der Waals surface area (Å²) in [6.07, 6.45) is 8.85. The number of carboxylic acid groups (broad SMARTS) is 1. The van der Waals surface area contributed by atoms with Crippen molar-refractivity contribution >= 4 is 5.97 Å². The predicted molar refractivity (Wildman–Crippen MR) is 78.5 cm³/mol. The van der Waals surface area contributed by atoms with Crippen molar-refractivity contribution in [2.75, 3.05) is 0 Å². The van der Waals surface area contributed by atoms with Crippen molar-refractivity contribution in [1.29, 1.82) is 0 Å². The van der Waals surface area contributed by atoms with Gasteiger partial charge in [-0.3, -0.25) is 4.79 Å². The molecule has 0 unspecified atom stereocenters. The summed E-state index contributed by atoms with van der Waals surface area (Å²) in [6.45, 7) is 3.32. The van der Waals surface area contributed by atoms with E-state index in [1.165, 1.54) is 38.5 Å². The van der Waals surface area contributed by atoms with E-state index in [4.69, 9.17) is 9.90 Å². The first-order valence-corrected chi connectivity index (χ1v) is 7.04. The summed E-state index contributed by atoms with van der Waals surface area (Å²) in [7, 11) is 0. The highest BCUT2D eigenvalue weighted by Gasteiger charge is 1.98. The Balaban J connectivity index is 0.000000711. The monoisotopic (exact) mass is 266 g/mol. The minimum Gasteiger partial charge on any atom is -0.508 e. The zero-order valence-corrected chi connectivity index (χ0v) is 12.1. The molecule has 0 heterocycles. The molecule has 0 aromatic heterocycles. The van der Waals surface area contributed by atoms with Crippen LogP contribution >= 0.6 is 0 Å². The van der Waals surface area contributed by atoms with Crippen LogP contribution in [0.2, 0.25) is 0 Å². The number of aromatic hydroxyl groups is 1. The van der Waals surface area contributed by atoms with Crippen molar-refractivity contribution in [3.8, 4) is 5.75 Å². The van der Waals surface area contributed by atoms with Gasteiger partial charge in [0.05, 0.1) is 0 Å². The Labute approximate surface area is 116 Å². The lowest BCUT2D eigenvalue weighted by atomic mass is 10.0. The normalized spacial score (nSPS) is 9.58. The van der Waals surface area contributed by atoms with E-state index < -0.39 is 5.97 Å². The fraction of sp³-hybridized carbons (Fsp3) is 0.562. The van der Waals surface area contributed by atoms with Crippen LogP contribution in [0.15, 0.2) is 24.3 Å². The number of rotatable bonds is 7. The molecule has 1 aromatic rings. The van der Waals surface area contributed by atoms with Crippen LogP contribution in [-0.2, 0) is 11.2 Å². The molecule has 1 aromatic carbocycles. The fourth-order valence-electron chi connectivity index (χ4n) is 1.82. The number of aliphatic carboxylic acids is 1. The maximum Gasteiger partial charge on any atom is 0.300 e. The Hall–Kier alpha value is -1.51. The summed E-state index contributed by atoms with van der Waals surface area (Å²) in [5.41, 5.74) is 1.09. The lowest BCUT2D eigenvalue weighted by Gasteiger charge is -2.03. The van der Waals surface area contributed by atoms with Crippen molar-refractivity contribution < 1.29 is 15.0 Å². The molecule has 3 heteroatoms. The fourth-order valence-corrected chi connectivity index (χ4v) is 1.82. The number of aryl methyl sites for hydroxylation is 1. The second-order valence-electron chi connectivity index (χ2n) is 4.67. The first-order chi connectivity index (χ1) is 9.07. The van der Waals surface area contributed by atoms with E-state index in [0.717, 1.165) is 18.9 Å². The number of para-hydroxylation sites is 1. The highest BCUT2D eigenvalue weighted by atomic mass is 16.4. The van der Waals surface area contributed by atoms with Gasteiger partial charge in [-0.15, -0.1) is 0 Å². The molecule has 0 aliphatic carbocycles. The smallest absolute Gasteiger partial charge is 0.300 e. The Morgan fingerprint density at radius 1 is 1.05 bits per heavy atom. The van der Waals surface area contributed by atoms with Gasteiger partial charge in [-0.25, -0.2) is 0 Å². The Bertz CT molecular complexity index is 344. The van der Waals surface area contributed by atoms with E-state index in [2.05, 4.69) is 6.92 Å². The average molecular weight is 266 g/mol. The SMILES string of the molecule is CC(=O)O.CCCCCCCCc1ccccc1O. The molecule has 3 nitrogen and oxygen atoms in total.